The molecule has 0 aliphatic heterocycles. The predicted octanol–water partition coefficient (Wildman–Crippen LogP) is 8.78. The summed E-state index contributed by atoms with van der Waals surface area (Å²) in [5.74, 6) is 0. The molecule has 0 aliphatic carbocycles. The zero-order chi connectivity index (χ0) is 22.1. The Morgan fingerprint density at radius 2 is 1.03 bits per heavy atom. The predicted molar refractivity (Wildman–Crippen MR) is 138 cm³/mol. The van der Waals surface area contributed by atoms with Gasteiger partial charge < -0.3 is 0 Å². The molecule has 0 aliphatic rings. The van der Waals surface area contributed by atoms with E-state index in [-0.39, 0.29) is 0 Å². The zero-order valence-corrected chi connectivity index (χ0v) is 18.7. The Bertz CT molecular complexity index is 1120. The van der Waals surface area contributed by atoms with E-state index in [1.807, 2.05) is 12.2 Å². The van der Waals surface area contributed by atoms with Crippen LogP contribution in [0.3, 0.4) is 0 Å². The van der Waals surface area contributed by atoms with Crippen molar-refractivity contribution < 1.29 is 0 Å². The third kappa shape index (κ3) is 5.49. The number of rotatable bonds is 7. The third-order valence-corrected chi connectivity index (χ3v) is 5.52. The fraction of sp³-hybridized carbons (Fsp3) is 0.0968. The van der Waals surface area contributed by atoms with Gasteiger partial charge in [-0.1, -0.05) is 122 Å². The van der Waals surface area contributed by atoms with E-state index in [2.05, 4.69) is 124 Å². The van der Waals surface area contributed by atoms with Crippen molar-refractivity contribution in [3.63, 3.8) is 0 Å². The van der Waals surface area contributed by atoms with Crippen LogP contribution in [-0.2, 0) is 0 Å². The lowest BCUT2D eigenvalue weighted by atomic mass is 9.83. The third-order valence-electron chi connectivity index (χ3n) is 5.52. The maximum Gasteiger partial charge on any atom is -0.00674 e. The Hall–Kier alpha value is -3.64. The van der Waals surface area contributed by atoms with E-state index in [0.717, 1.165) is 0 Å². The van der Waals surface area contributed by atoms with Crippen LogP contribution < -0.4 is 0 Å². The molecular formula is C31H30. The van der Waals surface area contributed by atoms with Gasteiger partial charge in [-0.3, -0.25) is 0 Å². The summed E-state index contributed by atoms with van der Waals surface area (Å²) in [5, 5.41) is 0. The summed E-state index contributed by atoms with van der Waals surface area (Å²) < 4.78 is 0. The summed E-state index contributed by atoms with van der Waals surface area (Å²) in [6.07, 6.45) is 7.96. The van der Waals surface area contributed by atoms with Crippen molar-refractivity contribution in [2.24, 2.45) is 0 Å². The van der Waals surface area contributed by atoms with Crippen LogP contribution in [-0.4, -0.2) is 0 Å². The fourth-order valence-corrected chi connectivity index (χ4v) is 3.74. The van der Waals surface area contributed by atoms with Crippen molar-refractivity contribution in [1.82, 2.24) is 0 Å². The molecule has 0 fully saturated rings. The van der Waals surface area contributed by atoms with Crippen LogP contribution >= 0.6 is 0 Å². The van der Waals surface area contributed by atoms with E-state index in [9.17, 15) is 0 Å². The lowest BCUT2D eigenvalue weighted by molar-refractivity contribution is 1.34. The highest BCUT2D eigenvalue weighted by atomic mass is 14.2. The van der Waals surface area contributed by atoms with E-state index in [0.29, 0.717) is 0 Å². The Morgan fingerprint density at radius 1 is 0.581 bits per heavy atom. The molecule has 0 bridgehead atoms. The summed E-state index contributed by atoms with van der Waals surface area (Å²) >= 11 is 0. The molecule has 0 nitrogen and oxygen atoms in total. The minimum Gasteiger partial charge on any atom is -0.0991 e. The van der Waals surface area contributed by atoms with E-state index < -0.39 is 0 Å². The molecule has 0 N–H and O–H groups in total. The molecule has 0 spiro atoms. The lowest BCUT2D eigenvalue weighted by Gasteiger charge is -2.21. The molecule has 3 aromatic carbocycles. The minimum atomic E-state index is 1.22. The van der Waals surface area contributed by atoms with Gasteiger partial charge >= 0.3 is 0 Å². The monoisotopic (exact) mass is 402 g/mol. The van der Waals surface area contributed by atoms with Crippen LogP contribution in [0.2, 0.25) is 0 Å². The number of benzene rings is 3. The smallest absolute Gasteiger partial charge is 0.00674 e. The highest BCUT2D eigenvalue weighted by Gasteiger charge is 2.18. The lowest BCUT2D eigenvalue weighted by Crippen LogP contribution is -1.99. The Morgan fingerprint density at radius 3 is 1.52 bits per heavy atom. The molecular weight excluding hydrogens is 372 g/mol. The van der Waals surface area contributed by atoms with Gasteiger partial charge in [0.2, 0.25) is 0 Å². The second-order valence-corrected chi connectivity index (χ2v) is 7.57. The van der Waals surface area contributed by atoms with E-state index in [4.69, 9.17) is 0 Å². The summed E-state index contributed by atoms with van der Waals surface area (Å²) in [5.41, 5.74) is 9.94. The summed E-state index contributed by atoms with van der Waals surface area (Å²) in [7, 11) is 0. The first-order valence-corrected chi connectivity index (χ1v) is 10.7. The van der Waals surface area contributed by atoms with E-state index in [1.54, 1.807) is 6.08 Å². The first kappa shape index (κ1) is 22.1. The normalized spacial score (nSPS) is 13.6. The second-order valence-electron chi connectivity index (χ2n) is 7.57. The molecule has 31 heavy (non-hydrogen) atoms. The fourth-order valence-electron chi connectivity index (χ4n) is 3.74. The van der Waals surface area contributed by atoms with Crippen LogP contribution in [0.1, 0.15) is 37.5 Å². The highest BCUT2D eigenvalue weighted by molar-refractivity contribution is 6.15. The number of allylic oxidation sites excluding steroid dienone is 9. The quantitative estimate of drug-likeness (QED) is 0.274. The largest absolute Gasteiger partial charge is 0.0991 e. The average molecular weight is 403 g/mol. The zero-order valence-electron chi connectivity index (χ0n) is 18.7. The van der Waals surface area contributed by atoms with Gasteiger partial charge in [0.25, 0.3) is 0 Å². The molecule has 0 amide bonds. The maximum atomic E-state index is 3.77. The van der Waals surface area contributed by atoms with Gasteiger partial charge in [-0.25, -0.2) is 0 Å². The van der Waals surface area contributed by atoms with E-state index in [1.165, 1.54) is 44.6 Å². The van der Waals surface area contributed by atoms with Crippen molar-refractivity contribution in [3.05, 3.63) is 150 Å². The van der Waals surface area contributed by atoms with Crippen LogP contribution in [0.4, 0.5) is 0 Å². The first-order valence-electron chi connectivity index (χ1n) is 10.7. The van der Waals surface area contributed by atoms with Crippen molar-refractivity contribution in [3.8, 4) is 0 Å². The van der Waals surface area contributed by atoms with Crippen molar-refractivity contribution >= 4 is 16.7 Å². The Balaban J connectivity index is 2.37. The van der Waals surface area contributed by atoms with Gasteiger partial charge in [-0.15, -0.1) is 0 Å². The minimum absolute atomic E-state index is 1.22. The molecule has 0 heteroatoms. The van der Waals surface area contributed by atoms with Gasteiger partial charge in [-0.2, -0.15) is 0 Å². The van der Waals surface area contributed by atoms with E-state index >= 15 is 0 Å². The molecule has 0 saturated carbocycles. The van der Waals surface area contributed by atoms with Gasteiger partial charge in [0.15, 0.2) is 0 Å². The molecule has 0 heterocycles. The van der Waals surface area contributed by atoms with Crippen molar-refractivity contribution in [1.29, 1.82) is 0 Å². The van der Waals surface area contributed by atoms with Crippen LogP contribution in [0.5, 0.6) is 0 Å². The molecule has 0 unspecified atom stereocenters. The van der Waals surface area contributed by atoms with Gasteiger partial charge in [0, 0.05) is 0 Å². The molecule has 3 aromatic rings. The summed E-state index contributed by atoms with van der Waals surface area (Å²) in [6, 6.07) is 32.0. The van der Waals surface area contributed by atoms with Crippen molar-refractivity contribution in [2.75, 3.05) is 0 Å². The molecule has 0 aromatic heterocycles. The first-order chi connectivity index (χ1) is 15.1. The maximum absolute atomic E-state index is 3.77. The summed E-state index contributed by atoms with van der Waals surface area (Å²) in [6.45, 7) is 10.4. The molecule has 0 saturated heterocycles. The molecule has 154 valence electrons. The molecule has 3 rings (SSSR count). The van der Waals surface area contributed by atoms with Crippen molar-refractivity contribution in [2.45, 2.75) is 20.8 Å². The highest BCUT2D eigenvalue weighted by Crippen LogP contribution is 2.40. The Kier molecular flexibility index (Phi) is 7.79. The van der Waals surface area contributed by atoms with Crippen LogP contribution in [0.25, 0.3) is 16.7 Å². The average Bonchev–Trinajstić information content (AvgIpc) is 2.83. The Labute approximate surface area is 187 Å². The van der Waals surface area contributed by atoms with Gasteiger partial charge in [0.05, 0.1) is 0 Å². The topological polar surface area (TPSA) is 0 Å². The molecule has 0 atom stereocenters. The number of hydrogen-bond acceptors (Lipinski definition) is 0. The van der Waals surface area contributed by atoms with Gasteiger partial charge in [0.1, 0.15) is 0 Å². The van der Waals surface area contributed by atoms with Crippen LogP contribution in [0, 0.1) is 0 Å². The molecule has 0 radical (unpaired) electrons. The standard InChI is InChI=1S/C31H30/c1-5-6-10-17-24(2)25(3)30(28-20-13-8-14-21-28)31(29-22-15-9-16-23-29)26(4)27-18-11-7-12-19-27/h5-23H,1H2,2-4H3/b10-6-,24-17+,30-25+,31-26+. The summed E-state index contributed by atoms with van der Waals surface area (Å²) in [4.78, 5) is 0. The second kappa shape index (κ2) is 10.9. The van der Waals surface area contributed by atoms with Gasteiger partial charge in [-0.05, 0) is 65.3 Å². The SMILES string of the molecule is C=C\C=C/C=C(C)/C(C)=C(/C(=C(\C)c1ccccc1)c1ccccc1)c1ccccc1. The number of hydrogen-bond donors (Lipinski definition) is 0. The van der Waals surface area contributed by atoms with Crippen LogP contribution in [0.15, 0.2) is 133 Å².